The first-order valence-electron chi connectivity index (χ1n) is 12.7. The van der Waals surface area contributed by atoms with Gasteiger partial charge in [-0.25, -0.2) is 4.79 Å². The van der Waals surface area contributed by atoms with E-state index in [1.165, 1.54) is 37.8 Å². The number of non-ortho nitro benzene ring substituents is 1. The maximum Gasteiger partial charge on any atom is 0.337 e. The lowest BCUT2D eigenvalue weighted by Crippen LogP contribution is -2.37. The van der Waals surface area contributed by atoms with Crippen LogP contribution in [0.15, 0.2) is 93.9 Å². The lowest BCUT2D eigenvalue weighted by Gasteiger charge is -2.32. The van der Waals surface area contributed by atoms with Gasteiger partial charge < -0.3 is 13.9 Å². The summed E-state index contributed by atoms with van der Waals surface area (Å²) >= 11 is 0. The first-order chi connectivity index (χ1) is 19.2. The Kier molecular flexibility index (Phi) is 8.90. The predicted molar refractivity (Wildman–Crippen MR) is 147 cm³/mol. The quantitative estimate of drug-likeness (QED) is 0.193. The number of nitro groups is 1. The zero-order chi connectivity index (χ0) is 28.8. The number of allylic oxidation sites excluding steroid dienone is 1. The van der Waals surface area contributed by atoms with Gasteiger partial charge in [0.2, 0.25) is 0 Å². The van der Waals surface area contributed by atoms with Crippen molar-refractivity contribution in [2.45, 2.75) is 32.4 Å². The third kappa shape index (κ3) is 6.35. The van der Waals surface area contributed by atoms with Gasteiger partial charge in [-0.05, 0) is 38.1 Å². The second-order valence-electron chi connectivity index (χ2n) is 9.72. The average molecular weight is 546 g/mol. The summed E-state index contributed by atoms with van der Waals surface area (Å²) in [5, 5.41) is 11.5. The van der Waals surface area contributed by atoms with Crippen molar-refractivity contribution in [1.82, 2.24) is 4.90 Å². The van der Waals surface area contributed by atoms with Gasteiger partial charge in [-0.15, -0.1) is 0 Å². The minimum absolute atomic E-state index is 0.140. The van der Waals surface area contributed by atoms with Crippen molar-refractivity contribution < 1.29 is 28.4 Å². The molecule has 0 radical (unpaired) electrons. The number of likely N-dealkylation sites (N-methyl/N-ethyl adjacent to an activating group) is 1. The van der Waals surface area contributed by atoms with E-state index in [9.17, 15) is 19.7 Å². The molecule has 0 spiro atoms. The Morgan fingerprint density at radius 3 is 2.52 bits per heavy atom. The van der Waals surface area contributed by atoms with Gasteiger partial charge in [-0.2, -0.15) is 0 Å². The molecule has 0 saturated heterocycles. The van der Waals surface area contributed by atoms with Crippen LogP contribution < -0.4 is 0 Å². The van der Waals surface area contributed by atoms with Crippen molar-refractivity contribution in [3.05, 3.63) is 111 Å². The smallest absolute Gasteiger partial charge is 0.337 e. The van der Waals surface area contributed by atoms with Crippen LogP contribution in [0, 0.1) is 16.0 Å². The molecule has 208 valence electrons. The fraction of sp³-hybridized carbons (Fsp3) is 0.300. The topological polar surface area (TPSA) is 124 Å². The van der Waals surface area contributed by atoms with Gasteiger partial charge >= 0.3 is 11.9 Å². The summed E-state index contributed by atoms with van der Waals surface area (Å²) < 4.78 is 16.4. The Labute approximate surface area is 232 Å². The molecule has 0 fully saturated rings. The highest BCUT2D eigenvalue weighted by atomic mass is 16.6. The molecule has 10 nitrogen and oxygen atoms in total. The van der Waals surface area contributed by atoms with Gasteiger partial charge in [-0.1, -0.05) is 42.5 Å². The van der Waals surface area contributed by atoms with Crippen molar-refractivity contribution in [1.29, 1.82) is 0 Å². The lowest BCUT2D eigenvalue weighted by molar-refractivity contribution is -0.384. The third-order valence-electron chi connectivity index (χ3n) is 6.88. The lowest BCUT2D eigenvalue weighted by atomic mass is 9.75. The Morgan fingerprint density at radius 1 is 1.12 bits per heavy atom. The number of nitro benzene ring substituents is 1. The number of carbonyl (C=O) groups excluding carboxylic acids is 2. The van der Waals surface area contributed by atoms with Gasteiger partial charge in [0.15, 0.2) is 0 Å². The highest BCUT2D eigenvalue weighted by molar-refractivity contribution is 6.07. The van der Waals surface area contributed by atoms with E-state index in [2.05, 4.69) is 4.99 Å². The SMILES string of the molecule is COC(=O)C1C(C)=NC(C)=C(C(=O)OC(CN(C)Cc2ccccc2)c2ccoc2)C1c1cccc([N+](=O)[O-])c1. The summed E-state index contributed by atoms with van der Waals surface area (Å²) in [5.41, 5.74) is 2.95. The van der Waals surface area contributed by atoms with Crippen LogP contribution in [0.1, 0.15) is 42.6 Å². The van der Waals surface area contributed by atoms with Gasteiger partial charge in [0, 0.05) is 48.1 Å². The molecule has 3 unspecified atom stereocenters. The van der Waals surface area contributed by atoms with Crippen molar-refractivity contribution in [2.75, 3.05) is 20.7 Å². The molecule has 40 heavy (non-hydrogen) atoms. The van der Waals surface area contributed by atoms with Crippen LogP contribution in [-0.2, 0) is 25.6 Å². The molecular formula is C30H31N3O7. The molecule has 0 aliphatic carbocycles. The van der Waals surface area contributed by atoms with Crippen molar-refractivity contribution in [3.63, 3.8) is 0 Å². The molecule has 3 aromatic rings. The van der Waals surface area contributed by atoms with Crippen LogP contribution in [0.2, 0.25) is 0 Å². The maximum absolute atomic E-state index is 13.9. The van der Waals surface area contributed by atoms with Gasteiger partial charge in [0.1, 0.15) is 12.0 Å². The van der Waals surface area contributed by atoms with E-state index in [1.54, 1.807) is 26.0 Å². The zero-order valence-corrected chi connectivity index (χ0v) is 22.8. The van der Waals surface area contributed by atoms with Crippen molar-refractivity contribution in [2.24, 2.45) is 10.9 Å². The monoisotopic (exact) mass is 545 g/mol. The molecule has 1 aliphatic rings. The Bertz CT molecular complexity index is 1430. The van der Waals surface area contributed by atoms with Crippen LogP contribution in [0.5, 0.6) is 0 Å². The molecule has 0 bridgehead atoms. The van der Waals surface area contributed by atoms with Crippen LogP contribution in [0.25, 0.3) is 0 Å². The summed E-state index contributed by atoms with van der Waals surface area (Å²) in [6.45, 7) is 4.31. The molecule has 2 heterocycles. The van der Waals surface area contributed by atoms with Crippen LogP contribution in [0.4, 0.5) is 5.69 Å². The largest absolute Gasteiger partial charge is 0.472 e. The molecule has 1 aliphatic heterocycles. The Morgan fingerprint density at radius 2 is 1.88 bits per heavy atom. The van der Waals surface area contributed by atoms with E-state index in [1.807, 2.05) is 42.3 Å². The Balaban J connectivity index is 1.69. The number of hydrogen-bond donors (Lipinski definition) is 0. The van der Waals surface area contributed by atoms with E-state index in [0.717, 1.165) is 5.56 Å². The second kappa shape index (κ2) is 12.5. The number of esters is 2. The number of benzene rings is 2. The molecule has 4 rings (SSSR count). The van der Waals surface area contributed by atoms with Crippen LogP contribution >= 0.6 is 0 Å². The number of ether oxygens (including phenoxy) is 2. The minimum atomic E-state index is -0.966. The molecule has 3 atom stereocenters. The van der Waals surface area contributed by atoms with Crippen LogP contribution in [0.3, 0.4) is 0 Å². The molecule has 10 heteroatoms. The molecular weight excluding hydrogens is 514 g/mol. The Hall–Kier alpha value is -4.57. The van der Waals surface area contributed by atoms with Gasteiger partial charge in [0.05, 0.1) is 30.1 Å². The molecule has 0 N–H and O–H groups in total. The van der Waals surface area contributed by atoms with E-state index < -0.39 is 34.8 Å². The zero-order valence-electron chi connectivity index (χ0n) is 22.8. The number of hydrogen-bond acceptors (Lipinski definition) is 9. The van der Waals surface area contributed by atoms with E-state index in [-0.39, 0.29) is 11.3 Å². The highest BCUT2D eigenvalue weighted by Crippen LogP contribution is 2.41. The normalized spacial score (nSPS) is 17.8. The molecule has 0 saturated carbocycles. The summed E-state index contributed by atoms with van der Waals surface area (Å²) in [4.78, 5) is 44.4. The van der Waals surface area contributed by atoms with Gasteiger partial charge in [-0.3, -0.25) is 24.8 Å². The second-order valence-corrected chi connectivity index (χ2v) is 9.72. The summed E-state index contributed by atoms with van der Waals surface area (Å²) in [5.74, 6) is -3.15. The van der Waals surface area contributed by atoms with Gasteiger partial charge in [0.25, 0.3) is 5.69 Å². The number of furan rings is 1. The number of carbonyl (C=O) groups is 2. The number of rotatable bonds is 10. The first kappa shape index (κ1) is 28.4. The molecule has 0 amide bonds. The van der Waals surface area contributed by atoms with Crippen molar-refractivity contribution >= 4 is 23.3 Å². The highest BCUT2D eigenvalue weighted by Gasteiger charge is 2.43. The average Bonchev–Trinajstić information content (AvgIpc) is 3.47. The summed E-state index contributed by atoms with van der Waals surface area (Å²) in [6.07, 6.45) is 2.33. The number of nitrogens with zero attached hydrogens (tertiary/aromatic N) is 3. The minimum Gasteiger partial charge on any atom is -0.472 e. The predicted octanol–water partition coefficient (Wildman–Crippen LogP) is 5.23. The molecule has 1 aromatic heterocycles. The first-order valence-corrected chi connectivity index (χ1v) is 12.7. The molecule has 2 aromatic carbocycles. The fourth-order valence-corrected chi connectivity index (χ4v) is 5.03. The third-order valence-corrected chi connectivity index (χ3v) is 6.88. The maximum atomic E-state index is 13.9. The van der Waals surface area contributed by atoms with Crippen molar-refractivity contribution in [3.8, 4) is 0 Å². The standard InChI is InChI=1S/C30H31N3O7/c1-19-26(29(34)38-4)28(22-11-8-12-24(15-22)33(36)37)27(20(2)31-19)30(35)40-25(23-13-14-39-18-23)17-32(3)16-21-9-6-5-7-10-21/h5-15,18,25-26,28H,16-17H2,1-4H3. The van der Waals surface area contributed by atoms with E-state index in [4.69, 9.17) is 13.9 Å². The van der Waals surface area contributed by atoms with Crippen LogP contribution in [-0.4, -0.2) is 48.2 Å². The summed E-state index contributed by atoms with van der Waals surface area (Å²) in [6, 6.07) is 17.5. The summed E-state index contributed by atoms with van der Waals surface area (Å²) in [7, 11) is 3.17. The van der Waals surface area contributed by atoms with E-state index >= 15 is 0 Å². The number of methoxy groups -OCH3 is 1. The fourth-order valence-electron chi connectivity index (χ4n) is 5.03. The van der Waals surface area contributed by atoms with E-state index in [0.29, 0.717) is 35.6 Å². The number of aliphatic imine (C=N–C) groups is 1.